The van der Waals surface area contributed by atoms with Gasteiger partial charge in [-0.05, 0) is 59.7 Å². The molecule has 0 fully saturated rings. The Balaban J connectivity index is 1.61. The summed E-state index contributed by atoms with van der Waals surface area (Å²) in [4.78, 5) is 28.5. The number of ketones is 2. The molecular weight excluding hydrogens is 615 g/mol. The van der Waals surface area contributed by atoms with E-state index in [1.54, 1.807) is 48.5 Å². The lowest BCUT2D eigenvalue weighted by molar-refractivity contribution is -0.128. The molecule has 45 heavy (non-hydrogen) atoms. The van der Waals surface area contributed by atoms with Crippen LogP contribution in [0.1, 0.15) is 60.7 Å². The Bertz CT molecular complexity index is 1990. The van der Waals surface area contributed by atoms with E-state index in [-0.39, 0.29) is 39.6 Å². The monoisotopic (exact) mass is 647 g/mol. The molecule has 2 unspecified atom stereocenters. The number of fused-ring (bicyclic) bond motifs is 2. The average molecular weight is 648 g/mol. The molecule has 3 N–H and O–H groups in total. The largest absolute Gasteiger partial charge is 0.341 e. The second kappa shape index (κ2) is 11.5. The lowest BCUT2D eigenvalue weighted by Gasteiger charge is -2.43. The van der Waals surface area contributed by atoms with Gasteiger partial charge in [0.05, 0.1) is 23.6 Å². The van der Waals surface area contributed by atoms with E-state index in [2.05, 4.69) is 25.8 Å². The molecule has 2 atom stereocenters. The maximum Gasteiger partial charge on any atom is 0.286 e. The van der Waals surface area contributed by atoms with Crippen LogP contribution in [0.25, 0.3) is 0 Å². The second-order valence-corrected chi connectivity index (χ2v) is 15.8. The van der Waals surface area contributed by atoms with Crippen LogP contribution in [0, 0.1) is 22.7 Å². The first-order valence-corrected chi connectivity index (χ1v) is 17.5. The fourth-order valence-corrected chi connectivity index (χ4v) is 7.33. The Kier molecular flexibility index (Phi) is 8.20. The molecule has 0 saturated carbocycles. The summed E-state index contributed by atoms with van der Waals surface area (Å²) in [7, 11) is -8.12. The predicted octanol–water partition coefficient (Wildman–Crippen LogP) is 4.34. The quantitative estimate of drug-likeness (QED) is 0.301. The van der Waals surface area contributed by atoms with E-state index in [9.17, 15) is 31.7 Å². The van der Waals surface area contributed by atoms with Crippen molar-refractivity contribution in [3.8, 4) is 6.07 Å². The standard InChI is InChI=1S/C32H33N5O6S2/c1-31(2,3)15-16-32(34-19-21-11-9-20(18-33)10-12-21)24-8-6-5-7-23(24)28(38)27(29(32)39)30-35-25-14-13-22(36-44(4,40)41)17-26(25)45(42,43)37-30/h5-14,17,27,34,36H,15-16,19H2,1-4H3,(H,35,37). The molecule has 3 aromatic carbocycles. The van der Waals surface area contributed by atoms with Crippen LogP contribution < -0.4 is 15.4 Å². The Hall–Kier alpha value is -4.38. The summed E-state index contributed by atoms with van der Waals surface area (Å²) in [5.41, 5.74) is 0.605. The molecule has 3 aromatic rings. The van der Waals surface area contributed by atoms with Crippen molar-refractivity contribution in [2.75, 3.05) is 16.3 Å². The average Bonchev–Trinajstić information content (AvgIpc) is 2.96. The number of benzene rings is 3. The molecule has 1 aliphatic carbocycles. The van der Waals surface area contributed by atoms with Crippen LogP contribution >= 0.6 is 0 Å². The van der Waals surface area contributed by atoms with Crippen molar-refractivity contribution in [3.63, 3.8) is 0 Å². The molecule has 0 aromatic heterocycles. The van der Waals surface area contributed by atoms with Crippen LogP contribution in [0.2, 0.25) is 0 Å². The number of Topliss-reactive ketones (excluding diaryl/α,β-unsaturated/α-hetero) is 2. The fourth-order valence-electron chi connectivity index (χ4n) is 5.59. The van der Waals surface area contributed by atoms with E-state index >= 15 is 0 Å². The zero-order valence-electron chi connectivity index (χ0n) is 25.2. The summed E-state index contributed by atoms with van der Waals surface area (Å²) >= 11 is 0. The molecule has 1 aliphatic heterocycles. The highest BCUT2D eigenvalue weighted by Gasteiger charge is 2.54. The molecule has 13 heteroatoms. The zero-order chi connectivity index (χ0) is 32.8. The van der Waals surface area contributed by atoms with Crippen molar-refractivity contribution in [2.45, 2.75) is 50.6 Å². The summed E-state index contributed by atoms with van der Waals surface area (Å²) in [6.45, 7) is 6.37. The van der Waals surface area contributed by atoms with Gasteiger partial charge in [0, 0.05) is 17.8 Å². The molecule has 0 bridgehead atoms. The Morgan fingerprint density at radius 2 is 1.73 bits per heavy atom. The molecule has 5 rings (SSSR count). The van der Waals surface area contributed by atoms with E-state index in [4.69, 9.17) is 0 Å². The highest BCUT2D eigenvalue weighted by molar-refractivity contribution is 7.92. The molecule has 234 valence electrons. The predicted molar refractivity (Wildman–Crippen MR) is 171 cm³/mol. The maximum atomic E-state index is 14.8. The topological polar surface area (TPSA) is 175 Å². The van der Waals surface area contributed by atoms with Crippen molar-refractivity contribution in [2.24, 2.45) is 15.7 Å². The van der Waals surface area contributed by atoms with Crippen molar-refractivity contribution in [1.82, 2.24) is 5.32 Å². The van der Waals surface area contributed by atoms with Gasteiger partial charge in [0.15, 0.2) is 11.6 Å². The third-order valence-electron chi connectivity index (χ3n) is 7.84. The summed E-state index contributed by atoms with van der Waals surface area (Å²) in [6, 6.07) is 19.7. The lowest BCUT2D eigenvalue weighted by atomic mass is 9.66. The number of nitriles is 1. The molecule has 2 aliphatic rings. The van der Waals surface area contributed by atoms with Crippen LogP contribution in [-0.4, -0.2) is 40.5 Å². The summed E-state index contributed by atoms with van der Waals surface area (Å²) < 4.78 is 56.4. The molecule has 1 heterocycles. The van der Waals surface area contributed by atoms with E-state index in [0.29, 0.717) is 24.0 Å². The van der Waals surface area contributed by atoms with Crippen molar-refractivity contribution < 1.29 is 26.4 Å². The van der Waals surface area contributed by atoms with E-state index in [1.165, 1.54) is 12.1 Å². The summed E-state index contributed by atoms with van der Waals surface area (Å²) in [5.74, 6) is -3.01. The minimum Gasteiger partial charge on any atom is -0.341 e. The second-order valence-electron chi connectivity index (χ2n) is 12.5. The number of rotatable bonds is 8. The van der Waals surface area contributed by atoms with Crippen LogP contribution in [-0.2, 0) is 36.9 Å². The number of carbonyl (C=O) groups is 2. The number of carbonyl (C=O) groups excluding carboxylic acids is 2. The van der Waals surface area contributed by atoms with Gasteiger partial charge in [0.2, 0.25) is 10.0 Å². The van der Waals surface area contributed by atoms with Gasteiger partial charge >= 0.3 is 0 Å². The van der Waals surface area contributed by atoms with Crippen LogP contribution in [0.5, 0.6) is 0 Å². The molecule has 0 saturated heterocycles. The van der Waals surface area contributed by atoms with Crippen molar-refractivity contribution >= 4 is 48.8 Å². The lowest BCUT2D eigenvalue weighted by Crippen LogP contribution is -2.59. The minimum absolute atomic E-state index is 0.0206. The third kappa shape index (κ3) is 6.54. The first-order chi connectivity index (χ1) is 21.0. The Morgan fingerprint density at radius 3 is 2.38 bits per heavy atom. The van der Waals surface area contributed by atoms with Gasteiger partial charge in [0.1, 0.15) is 22.2 Å². The molecule has 0 radical (unpaired) electrons. The third-order valence-corrected chi connectivity index (χ3v) is 9.78. The highest BCUT2D eigenvalue weighted by atomic mass is 32.2. The SMILES string of the molecule is CC(C)(C)CCC1(NCc2ccc(C#N)cc2)C(=O)C(C2=NS(=O)(=O)c3cc(NS(C)(=O)=O)ccc3N2)C(=O)c2ccccc21. The van der Waals surface area contributed by atoms with Crippen molar-refractivity contribution in [1.29, 1.82) is 5.26 Å². The van der Waals surface area contributed by atoms with E-state index in [0.717, 1.165) is 17.9 Å². The summed E-state index contributed by atoms with van der Waals surface area (Å²) in [5, 5.41) is 15.5. The van der Waals surface area contributed by atoms with Gasteiger partial charge in [-0.3, -0.25) is 19.6 Å². The normalized spacial score (nSPS) is 20.7. The van der Waals surface area contributed by atoms with E-state index < -0.39 is 43.1 Å². The van der Waals surface area contributed by atoms with E-state index in [1.807, 2.05) is 20.8 Å². The number of hydrogen-bond donors (Lipinski definition) is 3. The minimum atomic E-state index is -4.44. The number of nitrogens with one attached hydrogen (secondary N) is 3. The van der Waals surface area contributed by atoms with Gasteiger partial charge < -0.3 is 5.32 Å². The fraction of sp³-hybridized carbons (Fsp3) is 0.312. The smallest absolute Gasteiger partial charge is 0.286 e. The van der Waals surface area contributed by atoms with Crippen molar-refractivity contribution in [3.05, 3.63) is 89.0 Å². The highest BCUT2D eigenvalue weighted by Crippen LogP contribution is 2.43. The number of sulfonamides is 2. The molecule has 0 amide bonds. The molecule has 11 nitrogen and oxygen atoms in total. The van der Waals surface area contributed by atoms with Gasteiger partial charge in [-0.25, -0.2) is 8.42 Å². The number of hydrogen-bond acceptors (Lipinski definition) is 9. The molecular formula is C32H33N5O6S2. The van der Waals surface area contributed by atoms with Gasteiger partial charge in [-0.2, -0.15) is 13.7 Å². The van der Waals surface area contributed by atoms with Crippen LogP contribution in [0.15, 0.2) is 76.0 Å². The maximum absolute atomic E-state index is 14.8. The number of anilines is 2. The van der Waals surface area contributed by atoms with Gasteiger partial charge in [-0.15, -0.1) is 4.40 Å². The summed E-state index contributed by atoms with van der Waals surface area (Å²) in [6.07, 6.45) is 1.84. The Labute approximate surface area is 262 Å². The number of amidine groups is 1. The van der Waals surface area contributed by atoms with Gasteiger partial charge in [-0.1, -0.05) is 57.2 Å². The van der Waals surface area contributed by atoms with Crippen LogP contribution in [0.4, 0.5) is 11.4 Å². The van der Waals surface area contributed by atoms with Gasteiger partial charge in [0.25, 0.3) is 10.0 Å². The van der Waals surface area contributed by atoms with Crippen LogP contribution in [0.3, 0.4) is 0 Å². The first kappa shape index (κ1) is 32.0. The first-order valence-electron chi connectivity index (χ1n) is 14.2. The molecule has 0 spiro atoms. The Morgan fingerprint density at radius 1 is 1.04 bits per heavy atom. The zero-order valence-corrected chi connectivity index (χ0v) is 26.8. The number of nitrogens with zero attached hydrogens (tertiary/aromatic N) is 2.